The number of rotatable bonds is 5. The number of hydrogen-bond acceptors (Lipinski definition) is 6. The maximum absolute atomic E-state index is 11.7. The zero-order chi connectivity index (χ0) is 12.2. The van der Waals surface area contributed by atoms with Crippen LogP contribution in [0.3, 0.4) is 0 Å². The highest BCUT2D eigenvalue weighted by molar-refractivity contribution is 7.90. The molecule has 0 saturated carbocycles. The van der Waals surface area contributed by atoms with Crippen molar-refractivity contribution in [1.29, 1.82) is 0 Å². The van der Waals surface area contributed by atoms with Gasteiger partial charge in [0.05, 0.1) is 25.7 Å². The van der Waals surface area contributed by atoms with Crippen LogP contribution in [-0.4, -0.2) is 57.6 Å². The molecule has 1 aliphatic heterocycles. The first-order valence-electron chi connectivity index (χ1n) is 4.50. The Bertz CT molecular complexity index is 394. The molecule has 0 radical (unpaired) electrons. The molecule has 0 atom stereocenters. The van der Waals surface area contributed by atoms with E-state index in [9.17, 15) is 13.4 Å². The van der Waals surface area contributed by atoms with Gasteiger partial charge in [-0.15, -0.1) is 0 Å². The lowest BCUT2D eigenvalue weighted by Crippen LogP contribution is -2.43. The second-order valence-electron chi connectivity index (χ2n) is 3.01. The molecule has 0 saturated heterocycles. The van der Waals surface area contributed by atoms with Gasteiger partial charge in [-0.3, -0.25) is 0 Å². The Kier molecular flexibility index (Phi) is 4.33. The molecule has 1 N–H and O–H groups in total. The van der Waals surface area contributed by atoms with Crippen molar-refractivity contribution in [3.8, 4) is 0 Å². The first-order chi connectivity index (χ1) is 7.51. The quantitative estimate of drug-likeness (QED) is 0.618. The van der Waals surface area contributed by atoms with Crippen molar-refractivity contribution in [1.82, 2.24) is 4.33 Å². The van der Waals surface area contributed by atoms with Crippen molar-refractivity contribution in [3.05, 3.63) is 11.7 Å². The third kappa shape index (κ3) is 2.97. The molecule has 7 nitrogen and oxygen atoms in total. The molecule has 1 rings (SSSR count). The highest BCUT2D eigenvalue weighted by atomic mass is 32.2. The number of hydrogen-bond donors (Lipinski definition) is 1. The summed E-state index contributed by atoms with van der Waals surface area (Å²) in [5.74, 6) is 1.32. The van der Waals surface area contributed by atoms with Crippen molar-refractivity contribution < 1.29 is 22.9 Å². The zero-order valence-corrected chi connectivity index (χ0v) is 9.85. The molecule has 0 fully saturated rings. The highest BCUT2D eigenvalue weighted by Gasteiger charge is 2.32. The van der Waals surface area contributed by atoms with Crippen LogP contribution in [-0.2, 0) is 19.5 Å². The molecular weight excluding hydrogens is 235 g/mol. The summed E-state index contributed by atoms with van der Waals surface area (Å²) in [5, 5.41) is 13.2. The number of nitrogens with zero attached hydrogens (tertiary/aromatic N) is 2. The van der Waals surface area contributed by atoms with Crippen molar-refractivity contribution >= 4 is 23.3 Å². The van der Waals surface area contributed by atoms with Crippen LogP contribution in [0.15, 0.2) is 16.8 Å². The molecule has 0 unspecified atom stereocenters. The third-order valence-electron chi connectivity index (χ3n) is 1.90. The number of ether oxygens (including phenoxy) is 2. The minimum Gasteiger partial charge on any atom is -0.496 e. The normalized spacial score (nSPS) is 16.3. The van der Waals surface area contributed by atoms with Crippen LogP contribution < -0.4 is 0 Å². The van der Waals surface area contributed by atoms with Gasteiger partial charge in [-0.1, -0.05) is 0 Å². The fourth-order valence-electron chi connectivity index (χ4n) is 1.08. The van der Waals surface area contributed by atoms with E-state index >= 15 is 0 Å². The van der Waals surface area contributed by atoms with Crippen molar-refractivity contribution in [2.45, 2.75) is 0 Å². The Morgan fingerprint density at radius 3 is 2.75 bits per heavy atom. The van der Waals surface area contributed by atoms with Gasteiger partial charge in [0.2, 0.25) is 10.0 Å². The van der Waals surface area contributed by atoms with Gasteiger partial charge < -0.3 is 14.5 Å². The Morgan fingerprint density at radius 2 is 2.25 bits per heavy atom. The van der Waals surface area contributed by atoms with E-state index in [0.717, 1.165) is 0 Å². The van der Waals surface area contributed by atoms with Crippen LogP contribution in [0.4, 0.5) is 0 Å². The summed E-state index contributed by atoms with van der Waals surface area (Å²) < 4.78 is 33.4. The van der Waals surface area contributed by atoms with Crippen molar-refractivity contribution in [2.75, 3.05) is 26.6 Å². The largest absolute Gasteiger partial charge is 0.496 e. The van der Waals surface area contributed by atoms with E-state index in [1.165, 1.54) is 26.4 Å². The van der Waals surface area contributed by atoms with Crippen LogP contribution in [0.25, 0.3) is 0 Å². The lowest BCUT2D eigenvalue weighted by molar-refractivity contribution is 0.216. The summed E-state index contributed by atoms with van der Waals surface area (Å²) in [4.78, 5) is 0. The molecule has 9 heteroatoms. The second kappa shape index (κ2) is 5.33. The van der Waals surface area contributed by atoms with E-state index in [0.29, 0.717) is 10.1 Å². The number of hydrazone groups is 1. The molecule has 0 spiro atoms. The summed E-state index contributed by atoms with van der Waals surface area (Å²) in [6.45, 7) is 0.0436. The summed E-state index contributed by atoms with van der Waals surface area (Å²) in [5.41, 5.74) is 0. The standard InChI is InChI=1S/C7H13BN2O5S/c1-14-3-4-16(12,13)10-8(11)5-7(15-2)6-9-10/h5-6,11H,3-4H2,1-2H3. The molecule has 0 aliphatic carbocycles. The van der Waals surface area contributed by atoms with E-state index < -0.39 is 17.1 Å². The number of sulfonamides is 1. The Hall–Kier alpha value is -1.06. The number of allylic oxidation sites excluding steroid dienone is 1. The van der Waals surface area contributed by atoms with Gasteiger partial charge in [0, 0.05) is 7.11 Å². The maximum Gasteiger partial charge on any atom is 0.479 e. The number of methoxy groups -OCH3 is 2. The predicted molar refractivity (Wildman–Crippen MR) is 59.1 cm³/mol. The van der Waals surface area contributed by atoms with Gasteiger partial charge in [-0.2, -0.15) is 5.10 Å². The van der Waals surface area contributed by atoms with E-state index in [4.69, 9.17) is 4.74 Å². The van der Waals surface area contributed by atoms with Crippen LogP contribution in [0.1, 0.15) is 0 Å². The van der Waals surface area contributed by atoms with Gasteiger partial charge in [0.1, 0.15) is 5.76 Å². The van der Waals surface area contributed by atoms with Crippen LogP contribution in [0.5, 0.6) is 0 Å². The predicted octanol–water partition coefficient (Wildman–Crippen LogP) is -1.19. The minimum absolute atomic E-state index is 0.0436. The van der Waals surface area contributed by atoms with Gasteiger partial charge in [0.25, 0.3) is 0 Å². The topological polar surface area (TPSA) is 88.4 Å². The van der Waals surface area contributed by atoms with E-state index in [-0.39, 0.29) is 12.4 Å². The molecule has 0 amide bonds. The lowest BCUT2D eigenvalue weighted by Gasteiger charge is -2.22. The van der Waals surface area contributed by atoms with E-state index in [1.807, 2.05) is 0 Å². The van der Waals surface area contributed by atoms with Crippen LogP contribution >= 0.6 is 0 Å². The molecule has 90 valence electrons. The fraction of sp³-hybridized carbons (Fsp3) is 0.571. The highest BCUT2D eigenvalue weighted by Crippen LogP contribution is 2.11. The van der Waals surface area contributed by atoms with Crippen molar-refractivity contribution in [3.63, 3.8) is 0 Å². The van der Waals surface area contributed by atoms with E-state index in [2.05, 4.69) is 9.84 Å². The molecule has 0 aromatic rings. The van der Waals surface area contributed by atoms with Crippen molar-refractivity contribution in [2.24, 2.45) is 5.10 Å². The maximum atomic E-state index is 11.7. The Morgan fingerprint density at radius 1 is 1.56 bits per heavy atom. The van der Waals surface area contributed by atoms with E-state index in [1.54, 1.807) is 0 Å². The SMILES string of the molecule is COCCS(=O)(=O)N1N=CC(OC)=CB1O. The first-order valence-corrected chi connectivity index (χ1v) is 6.11. The molecule has 16 heavy (non-hydrogen) atoms. The van der Waals surface area contributed by atoms with Gasteiger partial charge in [-0.25, -0.2) is 12.7 Å². The smallest absolute Gasteiger partial charge is 0.479 e. The van der Waals surface area contributed by atoms with Gasteiger partial charge in [0.15, 0.2) is 0 Å². The zero-order valence-electron chi connectivity index (χ0n) is 9.03. The molecule has 1 aliphatic rings. The molecule has 0 bridgehead atoms. The average molecular weight is 248 g/mol. The minimum atomic E-state index is -3.67. The lowest BCUT2D eigenvalue weighted by atomic mass is 9.84. The summed E-state index contributed by atoms with van der Waals surface area (Å²) >= 11 is 0. The molecule has 0 aromatic heterocycles. The molecule has 0 aromatic carbocycles. The summed E-state index contributed by atoms with van der Waals surface area (Å²) in [7, 11) is -2.21. The van der Waals surface area contributed by atoms with Crippen LogP contribution in [0, 0.1) is 0 Å². The fourth-order valence-corrected chi connectivity index (χ4v) is 2.22. The van der Waals surface area contributed by atoms with Crippen LogP contribution in [0.2, 0.25) is 0 Å². The summed E-state index contributed by atoms with van der Waals surface area (Å²) in [6, 6.07) is 0. The van der Waals surface area contributed by atoms with Gasteiger partial charge in [-0.05, 0) is 5.98 Å². The second-order valence-corrected chi connectivity index (χ2v) is 4.96. The van der Waals surface area contributed by atoms with Gasteiger partial charge >= 0.3 is 7.05 Å². The Labute approximate surface area is 94.5 Å². The third-order valence-corrected chi connectivity index (χ3v) is 3.47. The Balaban J connectivity index is 2.77. The average Bonchev–Trinajstić information content (AvgIpc) is 2.25. The molecular formula is C7H13BN2O5S. The monoisotopic (exact) mass is 248 g/mol. The summed E-state index contributed by atoms with van der Waals surface area (Å²) in [6.07, 6.45) is 1.22. The first kappa shape index (κ1) is 13.0. The molecule has 1 heterocycles.